The number of rotatable bonds is 36. The summed E-state index contributed by atoms with van der Waals surface area (Å²) in [5.74, 6) is 0. The Hall–Kier alpha value is 1.80. The van der Waals surface area contributed by atoms with Gasteiger partial charge in [-0.1, -0.05) is 240 Å². The minimum Gasteiger partial charge on any atom is -0.359 e. The average Bonchev–Trinajstić information content (AvgIpc) is 3.25. The van der Waals surface area contributed by atoms with E-state index in [1.807, 2.05) is 85.1 Å². The molecule has 0 aliphatic carbocycles. The van der Waals surface area contributed by atoms with Crippen molar-refractivity contribution in [1.82, 2.24) is 0 Å². The largest absolute Gasteiger partial charge is 0.359 e. The quantitative estimate of drug-likeness (QED) is 0.0354. The van der Waals surface area contributed by atoms with Crippen LogP contribution in [0, 0.1) is 0 Å². The summed E-state index contributed by atoms with van der Waals surface area (Å²) in [5, 5.41) is 0. The molecule has 0 N–H and O–H groups in total. The van der Waals surface area contributed by atoms with Crippen LogP contribution in [0.4, 0.5) is 0 Å². The molecule has 0 radical (unpaired) electrons. The van der Waals surface area contributed by atoms with E-state index < -0.39 is 15.1 Å². The van der Waals surface area contributed by atoms with Crippen LogP contribution in [0.3, 0.4) is 0 Å². The van der Waals surface area contributed by atoms with Crippen molar-refractivity contribution in [2.75, 3.05) is 0 Å². The molecule has 0 saturated heterocycles. The highest BCUT2D eigenvalue weighted by Crippen LogP contribution is 2.55. The summed E-state index contributed by atoms with van der Waals surface area (Å²) in [6, 6.07) is 0. The maximum Gasteiger partial charge on any atom is 0.107 e. The van der Waals surface area contributed by atoms with Crippen molar-refractivity contribution >= 4 is 105 Å². The molecule has 0 rings (SSSR count). The molecule has 0 aromatic carbocycles. The second-order valence-electron chi connectivity index (χ2n) is 13.1. The molecule has 0 fully saturated rings. The number of hydrogen-bond acceptors (Lipinski definition) is 6. The van der Waals surface area contributed by atoms with Crippen LogP contribution in [0.25, 0.3) is 0 Å². The van der Waals surface area contributed by atoms with Crippen molar-refractivity contribution < 1.29 is 27.1 Å². The molecule has 0 bridgehead atoms. The molecule has 62 heavy (non-hydrogen) atoms. The lowest BCUT2D eigenvalue weighted by Crippen LogP contribution is -2.24. The monoisotopic (exact) mass is 1080 g/mol. The van der Waals surface area contributed by atoms with Gasteiger partial charge in [-0.15, -0.1) is 0 Å². The van der Waals surface area contributed by atoms with E-state index in [9.17, 15) is 0 Å². The third kappa shape index (κ3) is 44.3. The van der Waals surface area contributed by atoms with Crippen LogP contribution in [0.5, 0.6) is 0 Å². The van der Waals surface area contributed by atoms with E-state index in [-0.39, 0.29) is 36.6 Å². The Morgan fingerprint density at radius 3 is 1.05 bits per heavy atom. The Labute approximate surface area is 403 Å². The lowest BCUT2D eigenvalue weighted by Gasteiger charge is -2.21. The second kappa shape index (κ2) is 52.2. The third-order valence-corrected chi connectivity index (χ3v) is 12.7. The van der Waals surface area contributed by atoms with E-state index in [1.54, 1.807) is 0 Å². The van der Waals surface area contributed by atoms with Crippen LogP contribution < -0.4 is 0 Å². The van der Waals surface area contributed by atoms with Gasteiger partial charge in [-0.05, 0) is 51.4 Å². The minimum absolute atomic E-state index is 0.0214. The van der Waals surface area contributed by atoms with E-state index in [0.717, 1.165) is 64.2 Å². The van der Waals surface area contributed by atoms with Gasteiger partial charge in [0.05, 0.1) is 39.5 Å². The summed E-state index contributed by atoms with van der Waals surface area (Å²) in [7, 11) is 20.4. The molecule has 0 aromatic rings. The summed E-state index contributed by atoms with van der Waals surface area (Å²) in [4.78, 5) is 0. The Morgan fingerprint density at radius 2 is 0.758 bits per heavy atom. The van der Waals surface area contributed by atoms with Crippen LogP contribution in [-0.2, 0) is 27.1 Å². The molecule has 0 amide bonds. The molecular weight excluding hydrogens is 996 g/mol. The lowest BCUT2D eigenvalue weighted by atomic mass is 10.1. The van der Waals surface area contributed by atoms with E-state index in [1.165, 1.54) is 0 Å². The molecule has 0 heterocycles. The molecule has 18 heteroatoms. The zero-order valence-electron chi connectivity index (χ0n) is 37.4. The number of unbranched alkanes of at least 4 members (excludes halogenated alkanes) is 2. The van der Waals surface area contributed by atoms with Gasteiger partial charge in [-0.2, -0.15) is 0 Å². The van der Waals surface area contributed by atoms with Gasteiger partial charge in [0, 0.05) is 35.9 Å². The molecule has 6 nitrogen and oxygen atoms in total. The summed E-state index contributed by atoms with van der Waals surface area (Å²) in [5.41, 5.74) is 0. The fraction of sp³-hybridized carbons (Fsp3) is 0.455. The van der Waals surface area contributed by atoms with Crippen LogP contribution in [0.2, 0.25) is 0 Å². The van der Waals surface area contributed by atoms with Crippen molar-refractivity contribution in [2.24, 2.45) is 0 Å². The normalized spacial score (nSPS) is 16.7. The maximum atomic E-state index is 5.92. The van der Waals surface area contributed by atoms with E-state index in [2.05, 4.69) is 161 Å². The van der Waals surface area contributed by atoms with Crippen LogP contribution >= 0.6 is 105 Å². The van der Waals surface area contributed by atoms with Crippen molar-refractivity contribution in [3.63, 3.8) is 0 Å². The minimum atomic E-state index is -0.544. The van der Waals surface area contributed by atoms with Crippen molar-refractivity contribution in [3.8, 4) is 0 Å². The lowest BCUT2D eigenvalue weighted by molar-refractivity contribution is 0.116. The molecule has 16 atom stereocenters. The zero-order valence-corrected chi connectivity index (χ0v) is 50.4. The van der Waals surface area contributed by atoms with Crippen LogP contribution in [0.1, 0.15) is 91.9 Å². The molecule has 0 aromatic heterocycles. The zero-order chi connectivity index (χ0) is 46.3. The Balaban J connectivity index is 0. The van der Waals surface area contributed by atoms with Gasteiger partial charge >= 0.3 is 0 Å². The Morgan fingerprint density at radius 1 is 0.435 bits per heavy atom. The highest BCUT2D eigenvalue weighted by atomic mass is 32.4. The Kier molecular flexibility index (Phi) is 55.4. The molecule has 352 valence electrons. The smallest absolute Gasteiger partial charge is 0.107 e. The molecule has 0 aliphatic heterocycles. The van der Waals surface area contributed by atoms with Gasteiger partial charge in [0.2, 0.25) is 0 Å². The highest BCUT2D eigenvalue weighted by Gasteiger charge is 2.18. The summed E-state index contributed by atoms with van der Waals surface area (Å²) in [6.45, 7) is 8.63. The first-order chi connectivity index (χ1) is 30.2. The molecule has 0 saturated carbocycles. The van der Waals surface area contributed by atoms with Gasteiger partial charge < -0.3 is 27.1 Å². The molecule has 0 spiro atoms. The number of hydrogen-bond donors (Lipinski definition) is 0. The van der Waals surface area contributed by atoms with E-state index in [4.69, 9.17) is 27.1 Å². The SMILES string of the molecule is CCC=CCC(C=CC=CC=CC=CC(OPP)C(CC=CCCC)OP)OP(P)P.CCC=CCC(C=CC=CC=CC=CC(OPP)C(CC=CCCC)OP)OP(P)P. The fourth-order valence-electron chi connectivity index (χ4n) is 4.86. The average molecular weight is 1080 g/mol. The van der Waals surface area contributed by atoms with E-state index >= 15 is 0 Å². The van der Waals surface area contributed by atoms with Gasteiger partial charge in [0.25, 0.3) is 0 Å². The van der Waals surface area contributed by atoms with Gasteiger partial charge in [-0.25, -0.2) is 0 Å². The molecule has 0 aliphatic rings. The second-order valence-corrected chi connectivity index (χ2v) is 27.5. The first-order valence-electron chi connectivity index (χ1n) is 21.0. The van der Waals surface area contributed by atoms with Crippen molar-refractivity contribution in [2.45, 2.75) is 129 Å². The number of allylic oxidation sites excluding steroid dienone is 16. The summed E-state index contributed by atoms with van der Waals surface area (Å²) >= 11 is 0. The van der Waals surface area contributed by atoms with Crippen molar-refractivity contribution in [3.05, 3.63) is 146 Å². The predicted molar refractivity (Wildman–Crippen MR) is 316 cm³/mol. The highest BCUT2D eigenvalue weighted by molar-refractivity contribution is 8.41. The molecular formula is C44H80O6P12. The van der Waals surface area contributed by atoms with Gasteiger partial charge in [0.1, 0.15) is 12.2 Å². The summed E-state index contributed by atoms with van der Waals surface area (Å²) in [6.07, 6.45) is 59.9. The van der Waals surface area contributed by atoms with Crippen LogP contribution in [0.15, 0.2) is 146 Å². The van der Waals surface area contributed by atoms with E-state index in [0.29, 0.717) is 17.0 Å². The molecule has 16 unspecified atom stereocenters. The van der Waals surface area contributed by atoms with Gasteiger partial charge in [-0.3, -0.25) is 0 Å². The topological polar surface area (TPSA) is 55.4 Å². The predicted octanol–water partition coefficient (Wildman–Crippen LogP) is 17.2. The standard InChI is InChI=1S/2C22H40O3P6/c2*1-3-5-7-14-18-21(23-26)22(24-30-27)19-15-11-9-8-10-13-17-20(25-31(28)29)16-12-6-4-2/h2*6-15,17,19-22,30H,3-5,16,18,26-29H2,1-2H3. The van der Waals surface area contributed by atoms with Gasteiger partial charge in [0.15, 0.2) is 0 Å². The summed E-state index contributed by atoms with van der Waals surface area (Å²) < 4.78 is 34.6. The maximum absolute atomic E-state index is 5.92. The first-order valence-corrected chi connectivity index (χ1v) is 36.4. The van der Waals surface area contributed by atoms with Crippen LogP contribution in [-0.4, -0.2) is 36.6 Å². The fourth-order valence-corrected chi connectivity index (χ4v) is 9.92. The Bertz CT molecular complexity index is 1280. The third-order valence-electron chi connectivity index (χ3n) is 7.89. The van der Waals surface area contributed by atoms with Crippen molar-refractivity contribution in [1.29, 1.82) is 0 Å². The first kappa shape index (κ1) is 65.9.